The largest absolute Gasteiger partial charge is 0.279 e. The van der Waals surface area contributed by atoms with Crippen LogP contribution in [-0.4, -0.2) is 4.21 Å². The molecule has 0 amide bonds. The highest BCUT2D eigenvalue weighted by molar-refractivity contribution is 8.15. The van der Waals surface area contributed by atoms with Crippen molar-refractivity contribution in [3.63, 3.8) is 0 Å². The van der Waals surface area contributed by atoms with Crippen LogP contribution in [0, 0.1) is 6.92 Å². The Hall–Kier alpha value is -0.100. The van der Waals surface area contributed by atoms with Gasteiger partial charge in [-0.05, 0) is 30.9 Å². The van der Waals surface area contributed by atoms with Gasteiger partial charge in [-0.15, -0.1) is 0 Å². The lowest BCUT2D eigenvalue weighted by Gasteiger charge is -2.11. The Labute approximate surface area is 90.8 Å². The Morgan fingerprint density at radius 3 is 2.29 bits per heavy atom. The summed E-state index contributed by atoms with van der Waals surface area (Å²) in [7, 11) is -1.42. The van der Waals surface area contributed by atoms with E-state index >= 15 is 0 Å². The van der Waals surface area contributed by atoms with Gasteiger partial charge in [0.15, 0.2) is 0 Å². The van der Waals surface area contributed by atoms with Crippen molar-refractivity contribution in [3.8, 4) is 0 Å². The highest BCUT2D eigenvalue weighted by Gasteiger charge is 2.09. The molecule has 1 unspecified atom stereocenters. The third kappa shape index (κ3) is 3.96. The first-order valence-corrected chi connectivity index (χ1v) is 7.91. The van der Waals surface area contributed by atoms with Gasteiger partial charge in [-0.1, -0.05) is 17.7 Å². The number of nitrogens with two attached hydrogens (primary N) is 2. The molecule has 1 aromatic carbocycles. The standard InChI is InChI=1S/C7H12N3OPS2/c1-6-2-4-7(5-3-6)14(11)10-12(8,9)13/h2-5H,1H3,(H5,8,9,10,13). The molecule has 0 saturated carbocycles. The van der Waals surface area contributed by atoms with E-state index in [1.165, 1.54) is 0 Å². The summed E-state index contributed by atoms with van der Waals surface area (Å²) in [5.41, 5.74) is 11.9. The number of hydrogen-bond acceptors (Lipinski definition) is 2. The third-order valence-electron chi connectivity index (χ3n) is 1.46. The summed E-state index contributed by atoms with van der Waals surface area (Å²) >= 11 is 4.75. The van der Waals surface area contributed by atoms with Crippen LogP contribution in [0.15, 0.2) is 29.2 Å². The van der Waals surface area contributed by atoms with E-state index in [9.17, 15) is 4.21 Å². The predicted octanol–water partition coefficient (Wildman–Crippen LogP) is 0.749. The van der Waals surface area contributed by atoms with Crippen molar-refractivity contribution in [2.24, 2.45) is 11.0 Å². The van der Waals surface area contributed by atoms with Crippen LogP contribution in [0.5, 0.6) is 0 Å². The lowest BCUT2D eigenvalue weighted by atomic mass is 10.2. The second-order valence-corrected chi connectivity index (χ2v) is 7.85. The van der Waals surface area contributed by atoms with E-state index in [1.807, 2.05) is 19.1 Å². The third-order valence-corrected chi connectivity index (χ3v) is 4.64. The van der Waals surface area contributed by atoms with E-state index in [1.54, 1.807) is 12.1 Å². The van der Waals surface area contributed by atoms with Crippen LogP contribution in [0.3, 0.4) is 0 Å². The number of nitrogens with one attached hydrogen (secondary N) is 1. The van der Waals surface area contributed by atoms with Crippen LogP contribution in [0.4, 0.5) is 0 Å². The summed E-state index contributed by atoms with van der Waals surface area (Å²) in [5, 5.41) is 0. The molecule has 0 heterocycles. The minimum atomic E-state index is -2.62. The minimum Gasteiger partial charge on any atom is -0.279 e. The molecular formula is C7H12N3OPS2. The molecule has 0 aliphatic heterocycles. The molecule has 0 fully saturated rings. The van der Waals surface area contributed by atoms with Crippen molar-refractivity contribution in [2.75, 3.05) is 0 Å². The SMILES string of the molecule is Cc1ccc(S(=O)NP(N)(N)=S)cc1. The molecule has 7 heteroatoms. The molecule has 1 rings (SSSR count). The zero-order chi connectivity index (χ0) is 10.8. The molecule has 14 heavy (non-hydrogen) atoms. The van der Waals surface area contributed by atoms with Gasteiger partial charge in [-0.2, -0.15) is 4.49 Å². The molecule has 0 radical (unpaired) electrons. The van der Waals surface area contributed by atoms with Crippen LogP contribution in [0.2, 0.25) is 0 Å². The highest BCUT2D eigenvalue weighted by Crippen LogP contribution is 2.21. The summed E-state index contributed by atoms with van der Waals surface area (Å²) in [5.74, 6) is 0. The molecular weight excluding hydrogens is 237 g/mol. The lowest BCUT2D eigenvalue weighted by molar-refractivity contribution is 0.682. The van der Waals surface area contributed by atoms with Crippen LogP contribution < -0.4 is 15.5 Å². The summed E-state index contributed by atoms with van der Waals surface area (Å²) in [6.45, 7) is -0.661. The van der Waals surface area contributed by atoms with Crippen LogP contribution in [0.25, 0.3) is 0 Å². The van der Waals surface area contributed by atoms with Crippen molar-refractivity contribution >= 4 is 29.3 Å². The first-order valence-electron chi connectivity index (χ1n) is 3.82. The predicted molar refractivity (Wildman–Crippen MR) is 63.4 cm³/mol. The van der Waals surface area contributed by atoms with Gasteiger partial charge < -0.3 is 0 Å². The molecule has 1 aromatic rings. The van der Waals surface area contributed by atoms with Crippen molar-refractivity contribution in [2.45, 2.75) is 11.8 Å². The maximum Gasteiger partial charge on any atom is 0.144 e. The summed E-state index contributed by atoms with van der Waals surface area (Å²) in [4.78, 5) is 0.626. The van der Waals surface area contributed by atoms with Gasteiger partial charge in [-0.25, -0.2) is 4.21 Å². The molecule has 0 aliphatic carbocycles. The van der Waals surface area contributed by atoms with Crippen molar-refractivity contribution in [3.05, 3.63) is 29.8 Å². The van der Waals surface area contributed by atoms with Gasteiger partial charge in [0.1, 0.15) is 17.5 Å². The van der Waals surface area contributed by atoms with Crippen LogP contribution in [-0.2, 0) is 22.8 Å². The molecule has 4 nitrogen and oxygen atoms in total. The van der Waals surface area contributed by atoms with Crippen molar-refractivity contribution in [1.29, 1.82) is 0 Å². The minimum absolute atomic E-state index is 0.626. The smallest absolute Gasteiger partial charge is 0.144 e. The van der Waals surface area contributed by atoms with Gasteiger partial charge in [0, 0.05) is 0 Å². The molecule has 0 spiro atoms. The summed E-state index contributed by atoms with van der Waals surface area (Å²) in [6, 6.07) is 7.24. The number of hydrogen-bond donors (Lipinski definition) is 3. The normalized spacial score (nSPS) is 13.9. The van der Waals surface area contributed by atoms with E-state index in [4.69, 9.17) is 22.8 Å². The number of aryl methyl sites for hydroxylation is 1. The van der Waals surface area contributed by atoms with Gasteiger partial charge >= 0.3 is 0 Å². The quantitative estimate of drug-likeness (QED) is 0.690. The first kappa shape index (κ1) is 12.0. The van der Waals surface area contributed by atoms with Crippen LogP contribution in [0.1, 0.15) is 5.56 Å². The summed E-state index contributed by atoms with van der Waals surface area (Å²) < 4.78 is 14.1. The zero-order valence-corrected chi connectivity index (χ0v) is 10.2. The molecule has 0 bridgehead atoms. The fraction of sp³-hybridized carbons (Fsp3) is 0.143. The van der Waals surface area contributed by atoms with E-state index in [-0.39, 0.29) is 0 Å². The first-order chi connectivity index (χ1) is 6.38. The van der Waals surface area contributed by atoms with E-state index in [2.05, 4.69) is 4.49 Å². The zero-order valence-electron chi connectivity index (χ0n) is 7.64. The average molecular weight is 249 g/mol. The molecule has 1 atom stereocenters. The lowest BCUT2D eigenvalue weighted by Crippen LogP contribution is -2.23. The molecule has 0 aliphatic rings. The van der Waals surface area contributed by atoms with Gasteiger partial charge in [0.25, 0.3) is 0 Å². The second kappa shape index (κ2) is 4.61. The monoisotopic (exact) mass is 249 g/mol. The fourth-order valence-corrected chi connectivity index (χ4v) is 3.30. The van der Waals surface area contributed by atoms with E-state index < -0.39 is 17.5 Å². The maximum atomic E-state index is 11.6. The number of benzene rings is 1. The maximum absolute atomic E-state index is 11.6. The van der Waals surface area contributed by atoms with Crippen LogP contribution >= 0.6 is 6.49 Å². The average Bonchev–Trinajstić information content (AvgIpc) is 2.02. The number of rotatable bonds is 3. The van der Waals surface area contributed by atoms with E-state index in [0.29, 0.717) is 4.90 Å². The van der Waals surface area contributed by atoms with Gasteiger partial charge in [0.2, 0.25) is 0 Å². The van der Waals surface area contributed by atoms with Gasteiger partial charge in [-0.3, -0.25) is 11.0 Å². The summed E-state index contributed by atoms with van der Waals surface area (Å²) in [6.07, 6.45) is 0. The Balaban J connectivity index is 2.81. The Bertz CT molecular complexity index is 386. The second-order valence-electron chi connectivity index (χ2n) is 2.88. The van der Waals surface area contributed by atoms with E-state index in [0.717, 1.165) is 5.56 Å². The van der Waals surface area contributed by atoms with Crippen molar-refractivity contribution in [1.82, 2.24) is 4.49 Å². The Kier molecular flexibility index (Phi) is 3.94. The Morgan fingerprint density at radius 1 is 1.36 bits per heavy atom. The van der Waals surface area contributed by atoms with Crippen molar-refractivity contribution < 1.29 is 4.21 Å². The molecule has 5 N–H and O–H groups in total. The molecule has 78 valence electrons. The van der Waals surface area contributed by atoms with Gasteiger partial charge in [0.05, 0.1) is 4.90 Å². The fourth-order valence-electron chi connectivity index (χ4n) is 0.844. The molecule has 0 aromatic heterocycles. The molecule has 0 saturated heterocycles. The highest BCUT2D eigenvalue weighted by atomic mass is 32.5. The Morgan fingerprint density at radius 2 is 1.86 bits per heavy atom. The topological polar surface area (TPSA) is 81.1 Å².